The second-order valence-electron chi connectivity index (χ2n) is 6.51. The molecule has 3 unspecified atom stereocenters. The number of nitrogens with zero attached hydrogens (tertiary/aromatic N) is 2. The largest absolute Gasteiger partial charge is 0.236 e. The lowest BCUT2D eigenvalue weighted by atomic mass is 9.88. The van der Waals surface area contributed by atoms with E-state index in [4.69, 9.17) is 16.6 Å². The summed E-state index contributed by atoms with van der Waals surface area (Å²) in [6.07, 6.45) is 6.36. The Hall–Kier alpha value is -0.150. The summed E-state index contributed by atoms with van der Waals surface area (Å²) in [6, 6.07) is 0. The van der Waals surface area contributed by atoms with Crippen molar-refractivity contribution in [2.75, 3.05) is 0 Å². The Morgan fingerprint density at radius 3 is 2.63 bits per heavy atom. The van der Waals surface area contributed by atoms with Gasteiger partial charge in [0.25, 0.3) is 0 Å². The Morgan fingerprint density at radius 2 is 2.05 bits per heavy atom. The summed E-state index contributed by atoms with van der Waals surface area (Å²) >= 11 is 9.82. The highest BCUT2D eigenvalue weighted by Gasteiger charge is 2.41. The minimum atomic E-state index is 0.551. The summed E-state index contributed by atoms with van der Waals surface area (Å²) < 4.78 is 0.884. The van der Waals surface area contributed by atoms with Crippen molar-refractivity contribution < 1.29 is 0 Å². The van der Waals surface area contributed by atoms with Crippen LogP contribution in [0, 0.1) is 17.8 Å². The maximum absolute atomic E-state index is 6.28. The molecule has 0 radical (unpaired) electrons. The molecule has 104 valence electrons. The standard InChI is InChI=1S/C15H20BrClN2/c1-8(2)5-12-13(16)14(17)19-15(18-12)11-7-9-3-4-10(11)6-9/h8-11H,3-7H2,1-2H3. The third-order valence-corrected chi connectivity index (χ3v) is 5.90. The maximum atomic E-state index is 6.28. The number of hydrogen-bond donors (Lipinski definition) is 0. The second-order valence-corrected chi connectivity index (χ2v) is 7.66. The fourth-order valence-corrected chi connectivity index (χ4v) is 4.26. The van der Waals surface area contributed by atoms with Gasteiger partial charge in [-0.25, -0.2) is 9.97 Å². The minimum absolute atomic E-state index is 0.551. The van der Waals surface area contributed by atoms with Gasteiger partial charge in [0.05, 0.1) is 10.2 Å². The molecule has 3 atom stereocenters. The molecule has 2 bridgehead atoms. The van der Waals surface area contributed by atoms with Crippen LogP contribution >= 0.6 is 27.5 Å². The molecule has 1 aromatic heterocycles. The molecule has 3 rings (SSSR count). The zero-order valence-electron chi connectivity index (χ0n) is 11.5. The van der Waals surface area contributed by atoms with Crippen molar-refractivity contribution in [3.8, 4) is 0 Å². The van der Waals surface area contributed by atoms with Gasteiger partial charge >= 0.3 is 0 Å². The van der Waals surface area contributed by atoms with Gasteiger partial charge in [0, 0.05) is 5.92 Å². The van der Waals surface area contributed by atoms with Gasteiger partial charge in [-0.2, -0.15) is 0 Å². The van der Waals surface area contributed by atoms with E-state index in [9.17, 15) is 0 Å². The van der Waals surface area contributed by atoms with Crippen LogP contribution in [0.3, 0.4) is 0 Å². The Labute approximate surface area is 128 Å². The summed E-state index contributed by atoms with van der Waals surface area (Å²) in [4.78, 5) is 9.38. The molecule has 4 heteroatoms. The summed E-state index contributed by atoms with van der Waals surface area (Å²) in [7, 11) is 0. The number of hydrogen-bond acceptors (Lipinski definition) is 2. The molecule has 2 aliphatic carbocycles. The van der Waals surface area contributed by atoms with E-state index in [0.717, 1.165) is 34.2 Å². The van der Waals surface area contributed by atoms with Gasteiger partial charge in [-0.3, -0.25) is 0 Å². The number of halogens is 2. The van der Waals surface area contributed by atoms with Crippen molar-refractivity contribution in [1.29, 1.82) is 0 Å². The monoisotopic (exact) mass is 342 g/mol. The Morgan fingerprint density at radius 1 is 1.26 bits per heavy atom. The van der Waals surface area contributed by atoms with Crippen LogP contribution in [0.5, 0.6) is 0 Å². The van der Waals surface area contributed by atoms with Gasteiger partial charge < -0.3 is 0 Å². The minimum Gasteiger partial charge on any atom is -0.236 e. The quantitative estimate of drug-likeness (QED) is 0.722. The molecule has 0 N–H and O–H groups in total. The molecule has 1 aromatic rings. The molecule has 1 heterocycles. The highest BCUT2D eigenvalue weighted by atomic mass is 79.9. The molecule has 0 aromatic carbocycles. The van der Waals surface area contributed by atoms with E-state index in [1.807, 2.05) is 0 Å². The predicted molar refractivity (Wildman–Crippen MR) is 81.5 cm³/mol. The van der Waals surface area contributed by atoms with Crippen molar-refractivity contribution in [2.24, 2.45) is 17.8 Å². The zero-order chi connectivity index (χ0) is 13.6. The Bertz CT molecular complexity index is 489. The number of rotatable bonds is 3. The van der Waals surface area contributed by atoms with E-state index in [2.05, 4.69) is 34.8 Å². The lowest BCUT2D eigenvalue weighted by Gasteiger charge is -2.21. The normalized spacial score (nSPS) is 29.4. The molecular formula is C15H20BrClN2. The van der Waals surface area contributed by atoms with Gasteiger partial charge in [-0.1, -0.05) is 31.9 Å². The molecule has 19 heavy (non-hydrogen) atoms. The first-order valence-electron chi connectivity index (χ1n) is 7.26. The average Bonchev–Trinajstić information content (AvgIpc) is 2.96. The van der Waals surface area contributed by atoms with Crippen LogP contribution in [0.4, 0.5) is 0 Å². The zero-order valence-corrected chi connectivity index (χ0v) is 13.8. The van der Waals surface area contributed by atoms with E-state index in [-0.39, 0.29) is 0 Å². The van der Waals surface area contributed by atoms with Crippen molar-refractivity contribution in [2.45, 2.75) is 51.9 Å². The van der Waals surface area contributed by atoms with Crippen molar-refractivity contribution in [3.05, 3.63) is 21.1 Å². The molecule has 2 aliphatic rings. The van der Waals surface area contributed by atoms with Gasteiger partial charge in [0.15, 0.2) is 0 Å². The maximum Gasteiger partial charge on any atom is 0.147 e. The SMILES string of the molecule is CC(C)Cc1nc(C2CC3CCC2C3)nc(Cl)c1Br. The molecular weight excluding hydrogens is 324 g/mol. The smallest absolute Gasteiger partial charge is 0.147 e. The second kappa shape index (κ2) is 5.33. The van der Waals surface area contributed by atoms with Crippen LogP contribution < -0.4 is 0 Å². The highest BCUT2D eigenvalue weighted by Crippen LogP contribution is 2.52. The Balaban J connectivity index is 1.91. The first-order chi connectivity index (χ1) is 9.04. The van der Waals surface area contributed by atoms with Crippen LogP contribution in [0.2, 0.25) is 5.15 Å². The van der Waals surface area contributed by atoms with E-state index >= 15 is 0 Å². The van der Waals surface area contributed by atoms with Gasteiger partial charge in [-0.15, -0.1) is 0 Å². The molecule has 0 saturated heterocycles. The lowest BCUT2D eigenvalue weighted by molar-refractivity contribution is 0.403. The molecule has 0 spiro atoms. The fourth-order valence-electron chi connectivity index (χ4n) is 3.73. The van der Waals surface area contributed by atoms with Crippen LogP contribution in [-0.2, 0) is 6.42 Å². The van der Waals surface area contributed by atoms with Gasteiger partial charge in [0.1, 0.15) is 11.0 Å². The van der Waals surface area contributed by atoms with Gasteiger partial charge in [-0.05, 0) is 59.4 Å². The van der Waals surface area contributed by atoms with Crippen molar-refractivity contribution in [1.82, 2.24) is 9.97 Å². The highest BCUT2D eigenvalue weighted by molar-refractivity contribution is 9.10. The van der Waals surface area contributed by atoms with E-state index < -0.39 is 0 Å². The van der Waals surface area contributed by atoms with E-state index in [0.29, 0.717) is 17.0 Å². The molecule has 0 amide bonds. The molecule has 0 aliphatic heterocycles. The van der Waals surface area contributed by atoms with E-state index in [1.165, 1.54) is 25.7 Å². The summed E-state index contributed by atoms with van der Waals surface area (Å²) in [5, 5.41) is 0.587. The van der Waals surface area contributed by atoms with Crippen LogP contribution in [0.1, 0.15) is 57.0 Å². The lowest BCUT2D eigenvalue weighted by Crippen LogP contribution is -2.14. The topological polar surface area (TPSA) is 25.8 Å². The Kier molecular flexibility index (Phi) is 3.87. The van der Waals surface area contributed by atoms with Crippen molar-refractivity contribution in [3.63, 3.8) is 0 Å². The van der Waals surface area contributed by atoms with Crippen LogP contribution in [0.25, 0.3) is 0 Å². The molecule has 2 saturated carbocycles. The fraction of sp³-hybridized carbons (Fsp3) is 0.733. The van der Waals surface area contributed by atoms with Crippen LogP contribution in [0.15, 0.2) is 4.47 Å². The third-order valence-electron chi connectivity index (χ3n) is 4.57. The average molecular weight is 344 g/mol. The van der Waals surface area contributed by atoms with Gasteiger partial charge in [0.2, 0.25) is 0 Å². The first kappa shape index (κ1) is 13.8. The summed E-state index contributed by atoms with van der Waals surface area (Å²) in [5.41, 5.74) is 1.08. The number of fused-ring (bicyclic) bond motifs is 2. The van der Waals surface area contributed by atoms with E-state index in [1.54, 1.807) is 0 Å². The predicted octanol–water partition coefficient (Wildman–Crippen LogP) is 4.99. The molecule has 2 fully saturated rings. The summed E-state index contributed by atoms with van der Waals surface area (Å²) in [6.45, 7) is 4.42. The third kappa shape index (κ3) is 2.69. The molecule has 2 nitrogen and oxygen atoms in total. The van der Waals surface area contributed by atoms with Crippen molar-refractivity contribution >= 4 is 27.5 Å². The number of aromatic nitrogens is 2. The first-order valence-corrected chi connectivity index (χ1v) is 8.43. The summed E-state index contributed by atoms with van der Waals surface area (Å²) in [5.74, 6) is 3.84. The van der Waals surface area contributed by atoms with Crippen LogP contribution in [-0.4, -0.2) is 9.97 Å².